The van der Waals surface area contributed by atoms with Crippen molar-refractivity contribution < 1.29 is 22.7 Å². The van der Waals surface area contributed by atoms with Crippen LogP contribution >= 0.6 is 0 Å². The van der Waals surface area contributed by atoms with Crippen molar-refractivity contribution in [3.63, 3.8) is 0 Å². The second kappa shape index (κ2) is 8.24. The van der Waals surface area contributed by atoms with Gasteiger partial charge in [0.1, 0.15) is 6.10 Å². The Morgan fingerprint density at radius 1 is 1.42 bits per heavy atom. The van der Waals surface area contributed by atoms with Gasteiger partial charge in [0.05, 0.1) is 29.2 Å². The number of hydrogen-bond acceptors (Lipinski definition) is 6. The number of amides is 1. The van der Waals surface area contributed by atoms with Crippen molar-refractivity contribution in [1.82, 2.24) is 4.72 Å². The fraction of sp³-hybridized carbons (Fsp3) is 0.500. The molecule has 1 aliphatic heterocycles. The molecule has 1 aliphatic rings. The lowest BCUT2D eigenvalue weighted by atomic mass is 10.1. The number of sulfonamides is 1. The maximum absolute atomic E-state index is 12.2. The Bertz CT molecular complexity index is 703. The number of carbonyl (C=O) groups excluding carboxylic acids is 1. The minimum absolute atomic E-state index is 0.0517. The summed E-state index contributed by atoms with van der Waals surface area (Å²) in [5, 5.41) is 8.72. The van der Waals surface area contributed by atoms with Gasteiger partial charge in [-0.15, -0.1) is 0 Å². The molecule has 0 radical (unpaired) electrons. The van der Waals surface area contributed by atoms with Gasteiger partial charge in [-0.3, -0.25) is 4.79 Å². The van der Waals surface area contributed by atoms with Crippen LogP contribution in [-0.2, 0) is 24.3 Å². The van der Waals surface area contributed by atoms with Crippen LogP contribution in [0.1, 0.15) is 31.7 Å². The summed E-state index contributed by atoms with van der Waals surface area (Å²) in [6.07, 6.45) is 1.99. The normalized spacial score (nSPS) is 19.2. The number of benzene rings is 1. The van der Waals surface area contributed by atoms with Gasteiger partial charge in [-0.1, -0.05) is 0 Å². The van der Waals surface area contributed by atoms with Crippen LogP contribution in [0.3, 0.4) is 0 Å². The molecule has 0 aromatic heterocycles. The van der Waals surface area contributed by atoms with Gasteiger partial charge in [-0.05, 0) is 50.5 Å². The molecule has 8 heteroatoms. The van der Waals surface area contributed by atoms with Crippen LogP contribution in [0.25, 0.3) is 0 Å². The van der Waals surface area contributed by atoms with Crippen molar-refractivity contribution in [2.45, 2.75) is 43.3 Å². The second-order valence-corrected chi connectivity index (χ2v) is 7.25. The van der Waals surface area contributed by atoms with E-state index in [1.165, 1.54) is 31.2 Å². The highest BCUT2D eigenvalue weighted by Crippen LogP contribution is 2.14. The number of hydrogen-bond donors (Lipinski definition) is 1. The summed E-state index contributed by atoms with van der Waals surface area (Å²) in [6, 6.07) is 7.19. The highest BCUT2D eigenvalue weighted by molar-refractivity contribution is 7.90. The molecule has 0 aliphatic carbocycles. The van der Waals surface area contributed by atoms with E-state index in [0.717, 1.165) is 19.3 Å². The van der Waals surface area contributed by atoms with Crippen molar-refractivity contribution in [3.8, 4) is 6.07 Å². The van der Waals surface area contributed by atoms with Crippen LogP contribution in [0.4, 0.5) is 0 Å². The maximum Gasteiger partial charge on any atom is 0.264 e. The average Bonchev–Trinajstić information content (AvgIpc) is 2.60. The van der Waals surface area contributed by atoms with E-state index in [-0.39, 0.29) is 17.6 Å². The molecule has 1 saturated heterocycles. The zero-order valence-electron chi connectivity index (χ0n) is 13.4. The lowest BCUT2D eigenvalue weighted by molar-refractivity contribution is -0.133. The molecule has 2 unspecified atom stereocenters. The summed E-state index contributed by atoms with van der Waals surface area (Å²) < 4.78 is 37.2. The Hall–Kier alpha value is -1.95. The molecule has 1 N–H and O–H groups in total. The maximum atomic E-state index is 12.2. The molecule has 1 aromatic carbocycles. The van der Waals surface area contributed by atoms with Crippen LogP contribution in [0.2, 0.25) is 0 Å². The van der Waals surface area contributed by atoms with Gasteiger partial charge in [0, 0.05) is 6.61 Å². The summed E-state index contributed by atoms with van der Waals surface area (Å²) in [5.74, 6) is -0.741. The van der Waals surface area contributed by atoms with Crippen molar-refractivity contribution in [3.05, 3.63) is 29.8 Å². The molecule has 130 valence electrons. The molecule has 0 bridgehead atoms. The van der Waals surface area contributed by atoms with Crippen LogP contribution in [0.15, 0.2) is 29.2 Å². The highest BCUT2D eigenvalue weighted by Gasteiger charge is 2.23. The molecule has 1 aromatic rings. The smallest absolute Gasteiger partial charge is 0.264 e. The second-order valence-electron chi connectivity index (χ2n) is 5.57. The molecule has 2 rings (SSSR count). The molecule has 0 spiro atoms. The van der Waals surface area contributed by atoms with E-state index in [1.807, 2.05) is 10.8 Å². The van der Waals surface area contributed by atoms with Crippen LogP contribution in [0, 0.1) is 11.3 Å². The van der Waals surface area contributed by atoms with Crippen molar-refractivity contribution >= 4 is 15.9 Å². The number of ether oxygens (including phenoxy) is 2. The minimum Gasteiger partial charge on any atom is -0.376 e. The Morgan fingerprint density at radius 2 is 2.12 bits per heavy atom. The fourth-order valence-electron chi connectivity index (χ4n) is 2.25. The Kier molecular flexibility index (Phi) is 6.31. The van der Waals surface area contributed by atoms with Gasteiger partial charge in [0.2, 0.25) is 0 Å². The van der Waals surface area contributed by atoms with Crippen LogP contribution in [-0.4, -0.2) is 39.7 Å². The van der Waals surface area contributed by atoms with E-state index in [9.17, 15) is 13.2 Å². The summed E-state index contributed by atoms with van der Waals surface area (Å²) in [6.45, 7) is 2.43. The van der Waals surface area contributed by atoms with Gasteiger partial charge >= 0.3 is 0 Å². The number of nitrogens with zero attached hydrogens (tertiary/aromatic N) is 1. The van der Waals surface area contributed by atoms with Crippen molar-refractivity contribution in [2.24, 2.45) is 0 Å². The van der Waals surface area contributed by atoms with E-state index < -0.39 is 22.0 Å². The van der Waals surface area contributed by atoms with Crippen LogP contribution < -0.4 is 4.72 Å². The molecule has 7 nitrogen and oxygen atoms in total. The molecule has 1 amide bonds. The van der Waals surface area contributed by atoms with E-state index in [1.54, 1.807) is 0 Å². The lowest BCUT2D eigenvalue weighted by Gasteiger charge is -2.23. The Morgan fingerprint density at radius 3 is 2.71 bits per heavy atom. The highest BCUT2D eigenvalue weighted by atomic mass is 32.2. The Balaban J connectivity index is 1.90. The zero-order valence-corrected chi connectivity index (χ0v) is 14.2. The Labute approximate surface area is 141 Å². The number of nitriles is 1. The van der Waals surface area contributed by atoms with E-state index in [4.69, 9.17) is 14.7 Å². The molecule has 24 heavy (non-hydrogen) atoms. The SMILES string of the molecule is CC(OCC1CCCCO1)C(=O)NS(=O)(=O)c1ccc(C#N)cc1. The van der Waals surface area contributed by atoms with Gasteiger partial charge in [0.15, 0.2) is 0 Å². The topological polar surface area (TPSA) is 105 Å². The van der Waals surface area contributed by atoms with E-state index in [2.05, 4.69) is 0 Å². The molecule has 1 heterocycles. The molecular weight excluding hydrogens is 332 g/mol. The standard InChI is InChI=1S/C16H20N2O5S/c1-12(23-11-14-4-2-3-9-22-14)16(19)18-24(20,21)15-7-5-13(10-17)6-8-15/h5-8,12,14H,2-4,9,11H2,1H3,(H,18,19). The zero-order chi connectivity index (χ0) is 17.6. The van der Waals surface area contributed by atoms with Gasteiger partial charge in [-0.2, -0.15) is 5.26 Å². The van der Waals surface area contributed by atoms with Crippen molar-refractivity contribution in [1.29, 1.82) is 5.26 Å². The van der Waals surface area contributed by atoms with Crippen LogP contribution in [0.5, 0.6) is 0 Å². The summed E-state index contributed by atoms with van der Waals surface area (Å²) in [4.78, 5) is 11.9. The molecule has 2 atom stereocenters. The number of carbonyl (C=O) groups is 1. The summed E-state index contributed by atoms with van der Waals surface area (Å²) in [5.41, 5.74) is 0.337. The quantitative estimate of drug-likeness (QED) is 0.828. The number of nitrogens with one attached hydrogen (secondary N) is 1. The van der Waals surface area contributed by atoms with Gasteiger partial charge in [-0.25, -0.2) is 13.1 Å². The van der Waals surface area contributed by atoms with Crippen molar-refractivity contribution in [2.75, 3.05) is 13.2 Å². The largest absolute Gasteiger partial charge is 0.376 e. The molecule has 0 saturated carbocycles. The van der Waals surface area contributed by atoms with Gasteiger partial charge in [0.25, 0.3) is 15.9 Å². The third kappa shape index (κ3) is 5.03. The summed E-state index contributed by atoms with van der Waals surface area (Å²) in [7, 11) is -3.99. The van der Waals surface area contributed by atoms with Gasteiger partial charge < -0.3 is 9.47 Å². The lowest BCUT2D eigenvalue weighted by Crippen LogP contribution is -2.40. The first-order valence-corrected chi connectivity index (χ1v) is 9.21. The molecule has 1 fully saturated rings. The molecular formula is C16H20N2O5S. The third-order valence-corrected chi connectivity index (χ3v) is 5.07. The summed E-state index contributed by atoms with van der Waals surface area (Å²) >= 11 is 0. The monoisotopic (exact) mass is 352 g/mol. The first-order chi connectivity index (χ1) is 11.4. The predicted molar refractivity (Wildman–Crippen MR) is 85.5 cm³/mol. The third-order valence-electron chi connectivity index (χ3n) is 3.70. The van der Waals surface area contributed by atoms with E-state index in [0.29, 0.717) is 12.2 Å². The van der Waals surface area contributed by atoms with E-state index >= 15 is 0 Å². The number of rotatable bonds is 6. The first-order valence-electron chi connectivity index (χ1n) is 7.72. The minimum atomic E-state index is -3.99. The first kappa shape index (κ1) is 18.4. The predicted octanol–water partition coefficient (Wildman–Crippen LogP) is 1.34. The average molecular weight is 352 g/mol. The fourth-order valence-corrected chi connectivity index (χ4v) is 3.29.